The first kappa shape index (κ1) is 18.1. The van der Waals surface area contributed by atoms with E-state index >= 15 is 0 Å². The van der Waals surface area contributed by atoms with Crippen molar-refractivity contribution in [2.24, 2.45) is 5.92 Å². The number of hydrogen-bond donors (Lipinski definition) is 0. The SMILES string of the molecule is CN1CC(CN(C)C2CN(c3ccc(C(C)(C)C)nn3)C2)CCC1=O. The van der Waals surface area contributed by atoms with Crippen LogP contribution in [0.3, 0.4) is 0 Å². The maximum Gasteiger partial charge on any atom is 0.222 e. The number of aromatic nitrogens is 2. The molecule has 1 aromatic heterocycles. The highest BCUT2D eigenvalue weighted by atomic mass is 16.2. The van der Waals surface area contributed by atoms with Gasteiger partial charge in [-0.1, -0.05) is 20.8 Å². The van der Waals surface area contributed by atoms with E-state index in [0.717, 1.165) is 44.1 Å². The van der Waals surface area contributed by atoms with Gasteiger partial charge in [-0.3, -0.25) is 9.69 Å². The molecule has 0 radical (unpaired) electrons. The summed E-state index contributed by atoms with van der Waals surface area (Å²) in [6.07, 6.45) is 1.71. The Bertz CT molecular complexity index is 603. The van der Waals surface area contributed by atoms with Gasteiger partial charge >= 0.3 is 0 Å². The number of anilines is 1. The predicted molar refractivity (Wildman–Crippen MR) is 99.7 cm³/mol. The lowest BCUT2D eigenvalue weighted by atomic mass is 9.92. The Morgan fingerprint density at radius 3 is 2.48 bits per heavy atom. The summed E-state index contributed by atoms with van der Waals surface area (Å²) >= 11 is 0. The largest absolute Gasteiger partial charge is 0.352 e. The van der Waals surface area contributed by atoms with Crippen molar-refractivity contribution >= 4 is 11.7 Å². The molecule has 138 valence electrons. The van der Waals surface area contributed by atoms with Crippen molar-refractivity contribution in [2.45, 2.75) is 45.1 Å². The highest BCUT2D eigenvalue weighted by Gasteiger charge is 2.33. The average molecular weight is 345 g/mol. The number of likely N-dealkylation sites (tertiary alicyclic amines) is 1. The van der Waals surface area contributed by atoms with E-state index in [1.54, 1.807) is 0 Å². The summed E-state index contributed by atoms with van der Waals surface area (Å²) in [7, 11) is 4.12. The van der Waals surface area contributed by atoms with Crippen LogP contribution in [0.2, 0.25) is 0 Å². The lowest BCUT2D eigenvalue weighted by molar-refractivity contribution is -0.133. The van der Waals surface area contributed by atoms with Crippen LogP contribution < -0.4 is 4.90 Å². The summed E-state index contributed by atoms with van der Waals surface area (Å²) in [5, 5.41) is 8.80. The van der Waals surface area contributed by atoms with Crippen molar-refractivity contribution < 1.29 is 4.79 Å². The third-order valence-corrected chi connectivity index (χ3v) is 5.50. The third-order valence-electron chi connectivity index (χ3n) is 5.50. The minimum Gasteiger partial charge on any atom is -0.352 e. The molecule has 3 heterocycles. The Balaban J connectivity index is 1.48. The van der Waals surface area contributed by atoms with Crippen LogP contribution in [0.5, 0.6) is 0 Å². The molecule has 25 heavy (non-hydrogen) atoms. The normalized spacial score (nSPS) is 22.5. The highest BCUT2D eigenvalue weighted by Crippen LogP contribution is 2.25. The summed E-state index contributed by atoms with van der Waals surface area (Å²) in [5.41, 5.74) is 1.07. The van der Waals surface area contributed by atoms with E-state index in [4.69, 9.17) is 0 Å². The van der Waals surface area contributed by atoms with Crippen LogP contribution in [0, 0.1) is 5.92 Å². The number of likely N-dealkylation sites (N-methyl/N-ethyl adjacent to an activating group) is 1. The molecular formula is C19H31N5O. The minimum atomic E-state index is 0.0395. The molecule has 2 aliphatic rings. The van der Waals surface area contributed by atoms with Crippen LogP contribution in [-0.2, 0) is 10.2 Å². The first-order valence-electron chi connectivity index (χ1n) is 9.27. The summed E-state index contributed by atoms with van der Waals surface area (Å²) in [5.74, 6) is 1.85. The third kappa shape index (κ3) is 4.11. The van der Waals surface area contributed by atoms with Crippen LogP contribution in [0.25, 0.3) is 0 Å². The molecule has 0 N–H and O–H groups in total. The molecule has 1 atom stereocenters. The molecule has 2 saturated heterocycles. The van der Waals surface area contributed by atoms with Gasteiger partial charge in [-0.05, 0) is 31.5 Å². The number of hydrogen-bond acceptors (Lipinski definition) is 5. The quantitative estimate of drug-likeness (QED) is 0.832. The second-order valence-corrected chi connectivity index (χ2v) is 8.70. The molecule has 0 bridgehead atoms. The first-order valence-corrected chi connectivity index (χ1v) is 9.27. The molecule has 0 aliphatic carbocycles. The van der Waals surface area contributed by atoms with Crippen molar-refractivity contribution in [3.63, 3.8) is 0 Å². The van der Waals surface area contributed by atoms with Gasteiger partial charge in [0.15, 0.2) is 5.82 Å². The van der Waals surface area contributed by atoms with Crippen LogP contribution in [-0.4, -0.2) is 72.2 Å². The van der Waals surface area contributed by atoms with E-state index in [2.05, 4.69) is 59.9 Å². The van der Waals surface area contributed by atoms with E-state index in [1.807, 2.05) is 11.9 Å². The second-order valence-electron chi connectivity index (χ2n) is 8.70. The van der Waals surface area contributed by atoms with E-state index in [-0.39, 0.29) is 11.3 Å². The van der Waals surface area contributed by atoms with Crippen LogP contribution in [0.4, 0.5) is 5.82 Å². The number of piperidine rings is 1. The maximum absolute atomic E-state index is 11.6. The Morgan fingerprint density at radius 1 is 1.20 bits per heavy atom. The first-order chi connectivity index (χ1) is 11.7. The zero-order chi connectivity index (χ0) is 18.2. The van der Waals surface area contributed by atoms with Crippen LogP contribution in [0.1, 0.15) is 39.3 Å². The zero-order valence-corrected chi connectivity index (χ0v) is 16.2. The molecule has 3 rings (SSSR count). The van der Waals surface area contributed by atoms with Crippen LogP contribution in [0.15, 0.2) is 12.1 Å². The molecule has 1 unspecified atom stereocenters. The van der Waals surface area contributed by atoms with Gasteiger partial charge in [0.1, 0.15) is 0 Å². The van der Waals surface area contributed by atoms with Crippen LogP contribution >= 0.6 is 0 Å². The number of nitrogens with zero attached hydrogens (tertiary/aromatic N) is 5. The fourth-order valence-electron chi connectivity index (χ4n) is 3.62. The Hall–Kier alpha value is -1.69. The lowest BCUT2D eigenvalue weighted by Gasteiger charge is -2.46. The van der Waals surface area contributed by atoms with Gasteiger partial charge in [0.05, 0.1) is 5.69 Å². The van der Waals surface area contributed by atoms with Crippen molar-refractivity contribution in [1.29, 1.82) is 0 Å². The summed E-state index contributed by atoms with van der Waals surface area (Å²) in [6, 6.07) is 4.74. The number of carbonyl (C=O) groups is 1. The average Bonchev–Trinajstić information content (AvgIpc) is 2.49. The molecule has 6 nitrogen and oxygen atoms in total. The Kier molecular flexibility index (Phi) is 5.00. The molecule has 0 spiro atoms. The van der Waals surface area contributed by atoms with Gasteiger partial charge < -0.3 is 9.80 Å². The maximum atomic E-state index is 11.6. The number of carbonyl (C=O) groups excluding carboxylic acids is 1. The van der Waals surface area contributed by atoms with Gasteiger partial charge in [-0.25, -0.2) is 0 Å². The summed E-state index contributed by atoms with van der Waals surface area (Å²) in [4.78, 5) is 18.2. The van der Waals surface area contributed by atoms with Gasteiger partial charge in [0, 0.05) is 51.1 Å². The summed E-state index contributed by atoms with van der Waals surface area (Å²) in [6.45, 7) is 10.4. The molecule has 2 fully saturated rings. The van der Waals surface area contributed by atoms with Gasteiger partial charge in [0.2, 0.25) is 5.91 Å². The standard InChI is InChI=1S/C19H31N5O/c1-19(2,3)16-7-8-17(21-20-16)24-12-15(13-24)22(4)10-14-6-9-18(25)23(5)11-14/h7-8,14-15H,6,9-13H2,1-5H3. The monoisotopic (exact) mass is 345 g/mol. The van der Waals surface area contributed by atoms with E-state index in [0.29, 0.717) is 18.4 Å². The van der Waals surface area contributed by atoms with Gasteiger partial charge in [-0.2, -0.15) is 5.10 Å². The lowest BCUT2D eigenvalue weighted by Crippen LogP contribution is -2.60. The van der Waals surface area contributed by atoms with Crippen molar-refractivity contribution in [1.82, 2.24) is 20.0 Å². The van der Waals surface area contributed by atoms with Crippen molar-refractivity contribution in [2.75, 3.05) is 45.2 Å². The Labute approximate surface area is 151 Å². The number of amides is 1. The molecule has 2 aliphatic heterocycles. The van der Waals surface area contributed by atoms with Gasteiger partial charge in [-0.15, -0.1) is 5.10 Å². The molecule has 0 aromatic carbocycles. The van der Waals surface area contributed by atoms with Crippen molar-refractivity contribution in [3.05, 3.63) is 17.8 Å². The second kappa shape index (κ2) is 6.90. The van der Waals surface area contributed by atoms with E-state index in [9.17, 15) is 4.79 Å². The molecule has 0 saturated carbocycles. The van der Waals surface area contributed by atoms with E-state index < -0.39 is 0 Å². The van der Waals surface area contributed by atoms with E-state index in [1.165, 1.54) is 0 Å². The number of rotatable bonds is 4. The fraction of sp³-hybridized carbons (Fsp3) is 0.737. The molecule has 6 heteroatoms. The van der Waals surface area contributed by atoms with Gasteiger partial charge in [0.25, 0.3) is 0 Å². The smallest absolute Gasteiger partial charge is 0.222 e. The molecule has 1 amide bonds. The minimum absolute atomic E-state index is 0.0395. The Morgan fingerprint density at radius 2 is 1.92 bits per heavy atom. The fourth-order valence-corrected chi connectivity index (χ4v) is 3.62. The summed E-state index contributed by atoms with van der Waals surface area (Å²) < 4.78 is 0. The van der Waals surface area contributed by atoms with Crippen molar-refractivity contribution in [3.8, 4) is 0 Å². The molecule has 1 aromatic rings. The molecular weight excluding hydrogens is 314 g/mol. The highest BCUT2D eigenvalue weighted by molar-refractivity contribution is 5.76. The topological polar surface area (TPSA) is 52.6 Å². The zero-order valence-electron chi connectivity index (χ0n) is 16.2. The predicted octanol–water partition coefficient (Wildman–Crippen LogP) is 1.76.